The van der Waals surface area contributed by atoms with E-state index in [4.69, 9.17) is 5.11 Å². The minimum atomic E-state index is -0.820. The molecule has 0 bridgehead atoms. The van der Waals surface area contributed by atoms with Gasteiger partial charge in [0, 0.05) is 24.4 Å². The summed E-state index contributed by atoms with van der Waals surface area (Å²) in [7, 11) is 0. The average Bonchev–Trinajstić information content (AvgIpc) is 3.17. The van der Waals surface area contributed by atoms with Crippen LogP contribution in [0.5, 0.6) is 0 Å². The molecule has 2 aliphatic rings. The summed E-state index contributed by atoms with van der Waals surface area (Å²) in [5.41, 5.74) is 1.03. The highest BCUT2D eigenvalue weighted by Crippen LogP contribution is 2.26. The van der Waals surface area contributed by atoms with Crippen molar-refractivity contribution < 1.29 is 14.7 Å². The fourth-order valence-corrected chi connectivity index (χ4v) is 3.65. The Morgan fingerprint density at radius 3 is 2.71 bits per heavy atom. The third-order valence-corrected chi connectivity index (χ3v) is 4.90. The van der Waals surface area contributed by atoms with Gasteiger partial charge in [-0.2, -0.15) is 0 Å². The second kappa shape index (κ2) is 5.89. The maximum atomic E-state index is 12.4. The van der Waals surface area contributed by atoms with Crippen molar-refractivity contribution in [3.63, 3.8) is 0 Å². The molecule has 21 heavy (non-hydrogen) atoms. The summed E-state index contributed by atoms with van der Waals surface area (Å²) in [6.45, 7) is 0.832. The number of carbonyl (C=O) groups excluding carboxylic acids is 1. The van der Waals surface area contributed by atoms with E-state index in [1.807, 2.05) is 30.3 Å². The number of likely N-dealkylation sites (tertiary alicyclic amines) is 1. The van der Waals surface area contributed by atoms with Crippen molar-refractivity contribution in [2.45, 2.75) is 12.5 Å². The standard InChI is InChI=1S/C15H16N2O3S/c18-14(17-7-6-11(8-17)15(19)20)12-9-21-13(16-12)10-4-2-1-3-5-10/h1-5,11-12H,6-9H2,(H,19,20). The smallest absolute Gasteiger partial charge is 0.308 e. The number of carboxylic acids is 1. The third-order valence-electron chi connectivity index (χ3n) is 3.81. The highest BCUT2D eigenvalue weighted by molar-refractivity contribution is 8.14. The molecule has 2 heterocycles. The molecule has 1 aromatic rings. The number of rotatable bonds is 3. The van der Waals surface area contributed by atoms with E-state index in [2.05, 4.69) is 4.99 Å². The molecule has 0 saturated carbocycles. The molecule has 5 nitrogen and oxygen atoms in total. The number of aliphatic imine (C=N–C) groups is 1. The molecular formula is C15H16N2O3S. The van der Waals surface area contributed by atoms with Gasteiger partial charge in [0.2, 0.25) is 5.91 Å². The van der Waals surface area contributed by atoms with Gasteiger partial charge in [-0.1, -0.05) is 30.3 Å². The van der Waals surface area contributed by atoms with E-state index in [1.165, 1.54) is 0 Å². The summed E-state index contributed by atoms with van der Waals surface area (Å²) in [5, 5.41) is 9.89. The van der Waals surface area contributed by atoms with Gasteiger partial charge in [0.05, 0.1) is 11.0 Å². The molecule has 1 aromatic carbocycles. The molecule has 3 rings (SSSR count). The minimum absolute atomic E-state index is 0.0443. The van der Waals surface area contributed by atoms with Crippen molar-refractivity contribution in [3.8, 4) is 0 Å². The molecular weight excluding hydrogens is 288 g/mol. The lowest BCUT2D eigenvalue weighted by molar-refractivity contribution is -0.141. The predicted molar refractivity (Wildman–Crippen MR) is 81.5 cm³/mol. The second-order valence-electron chi connectivity index (χ2n) is 5.24. The van der Waals surface area contributed by atoms with Crippen molar-refractivity contribution in [2.75, 3.05) is 18.8 Å². The lowest BCUT2D eigenvalue weighted by atomic mass is 10.1. The molecule has 2 unspecified atom stereocenters. The van der Waals surface area contributed by atoms with E-state index < -0.39 is 11.9 Å². The van der Waals surface area contributed by atoms with Gasteiger partial charge in [0.25, 0.3) is 0 Å². The Morgan fingerprint density at radius 1 is 1.29 bits per heavy atom. The van der Waals surface area contributed by atoms with Gasteiger partial charge in [0.1, 0.15) is 6.04 Å². The van der Waals surface area contributed by atoms with Gasteiger partial charge in [-0.3, -0.25) is 14.6 Å². The van der Waals surface area contributed by atoms with Crippen LogP contribution in [-0.4, -0.2) is 51.8 Å². The van der Waals surface area contributed by atoms with E-state index in [0.717, 1.165) is 10.6 Å². The lowest BCUT2D eigenvalue weighted by Crippen LogP contribution is -2.37. The quantitative estimate of drug-likeness (QED) is 0.918. The number of carbonyl (C=O) groups is 2. The van der Waals surface area contributed by atoms with Crippen LogP contribution in [0.15, 0.2) is 35.3 Å². The number of benzene rings is 1. The Balaban J connectivity index is 1.67. The van der Waals surface area contributed by atoms with Crippen LogP contribution < -0.4 is 0 Å². The molecule has 6 heteroatoms. The fourth-order valence-electron chi connectivity index (χ4n) is 2.61. The molecule has 110 valence electrons. The lowest BCUT2D eigenvalue weighted by Gasteiger charge is -2.18. The van der Waals surface area contributed by atoms with Crippen LogP contribution in [0.4, 0.5) is 0 Å². The number of aliphatic carboxylic acids is 1. The number of carboxylic acid groups (broad SMARTS) is 1. The Morgan fingerprint density at radius 2 is 2.05 bits per heavy atom. The van der Waals surface area contributed by atoms with Crippen LogP contribution in [0, 0.1) is 5.92 Å². The van der Waals surface area contributed by atoms with Crippen molar-refractivity contribution in [1.29, 1.82) is 0 Å². The summed E-state index contributed by atoms with van der Waals surface area (Å²) in [6.07, 6.45) is 0.538. The Labute approximate surface area is 127 Å². The van der Waals surface area contributed by atoms with Gasteiger partial charge >= 0.3 is 5.97 Å². The Bertz CT molecular complexity index is 588. The van der Waals surface area contributed by atoms with Crippen molar-refractivity contribution in [2.24, 2.45) is 10.9 Å². The molecule has 0 aliphatic carbocycles. The molecule has 1 N–H and O–H groups in total. The van der Waals surface area contributed by atoms with Crippen LogP contribution >= 0.6 is 11.8 Å². The molecule has 0 radical (unpaired) electrons. The van der Waals surface area contributed by atoms with Crippen LogP contribution in [0.2, 0.25) is 0 Å². The first-order valence-corrected chi connectivity index (χ1v) is 7.91. The number of amides is 1. The maximum absolute atomic E-state index is 12.4. The molecule has 0 aromatic heterocycles. The van der Waals surface area contributed by atoms with Crippen LogP contribution in [0.3, 0.4) is 0 Å². The molecule has 0 spiro atoms. The highest BCUT2D eigenvalue weighted by atomic mass is 32.2. The van der Waals surface area contributed by atoms with Crippen LogP contribution in [0.1, 0.15) is 12.0 Å². The number of nitrogens with zero attached hydrogens (tertiary/aromatic N) is 2. The first-order chi connectivity index (χ1) is 10.1. The largest absolute Gasteiger partial charge is 0.481 e. The molecule has 1 fully saturated rings. The van der Waals surface area contributed by atoms with Crippen molar-refractivity contribution in [3.05, 3.63) is 35.9 Å². The predicted octanol–water partition coefficient (Wildman–Crippen LogP) is 1.48. The zero-order valence-corrected chi connectivity index (χ0v) is 12.3. The van der Waals surface area contributed by atoms with E-state index in [9.17, 15) is 9.59 Å². The Hall–Kier alpha value is -1.82. The monoisotopic (exact) mass is 304 g/mol. The normalized spacial score (nSPS) is 25.0. The van der Waals surface area contributed by atoms with Gasteiger partial charge in [0.15, 0.2) is 0 Å². The van der Waals surface area contributed by atoms with Gasteiger partial charge < -0.3 is 10.0 Å². The summed E-state index contributed by atoms with van der Waals surface area (Å²) >= 11 is 1.58. The van der Waals surface area contributed by atoms with E-state index in [0.29, 0.717) is 25.3 Å². The second-order valence-corrected chi connectivity index (χ2v) is 6.24. The molecule has 1 amide bonds. The molecule has 2 atom stereocenters. The topological polar surface area (TPSA) is 70.0 Å². The van der Waals surface area contributed by atoms with Crippen molar-refractivity contribution in [1.82, 2.24) is 4.90 Å². The third kappa shape index (κ3) is 2.95. The zero-order chi connectivity index (χ0) is 14.8. The SMILES string of the molecule is O=C(O)C1CCN(C(=O)C2CSC(c3ccccc3)=N2)C1. The summed E-state index contributed by atoms with van der Waals surface area (Å²) < 4.78 is 0. The highest BCUT2D eigenvalue weighted by Gasteiger charge is 2.35. The van der Waals surface area contributed by atoms with Crippen molar-refractivity contribution >= 4 is 28.7 Å². The zero-order valence-electron chi connectivity index (χ0n) is 11.4. The number of hydrogen-bond donors (Lipinski definition) is 1. The van der Waals surface area contributed by atoms with Gasteiger partial charge in [-0.25, -0.2) is 0 Å². The average molecular weight is 304 g/mol. The molecule has 1 saturated heterocycles. The fraction of sp³-hybridized carbons (Fsp3) is 0.400. The van der Waals surface area contributed by atoms with E-state index in [-0.39, 0.29) is 11.9 Å². The van der Waals surface area contributed by atoms with E-state index in [1.54, 1.807) is 16.7 Å². The summed E-state index contributed by atoms with van der Waals surface area (Å²) in [5.74, 6) is -0.658. The molecule has 2 aliphatic heterocycles. The van der Waals surface area contributed by atoms with Gasteiger partial charge in [-0.15, -0.1) is 11.8 Å². The van der Waals surface area contributed by atoms with Gasteiger partial charge in [-0.05, 0) is 6.42 Å². The summed E-state index contributed by atoms with van der Waals surface area (Å²) in [6, 6.07) is 9.43. The maximum Gasteiger partial charge on any atom is 0.308 e. The minimum Gasteiger partial charge on any atom is -0.481 e. The summed E-state index contributed by atoms with van der Waals surface area (Å²) in [4.78, 5) is 29.5. The number of thioether (sulfide) groups is 1. The Kier molecular flexibility index (Phi) is 3.96. The van der Waals surface area contributed by atoms with Crippen LogP contribution in [0.25, 0.3) is 0 Å². The first kappa shape index (κ1) is 14.1. The number of hydrogen-bond acceptors (Lipinski definition) is 4. The van der Waals surface area contributed by atoms with E-state index >= 15 is 0 Å². The first-order valence-electron chi connectivity index (χ1n) is 6.93. The van der Waals surface area contributed by atoms with Crippen LogP contribution in [-0.2, 0) is 9.59 Å².